The van der Waals surface area contributed by atoms with Gasteiger partial charge in [-0.25, -0.2) is 9.37 Å². The van der Waals surface area contributed by atoms with Gasteiger partial charge < -0.3 is 10.1 Å². The summed E-state index contributed by atoms with van der Waals surface area (Å²) in [6.45, 7) is 2.05. The Morgan fingerprint density at radius 2 is 2.05 bits per heavy atom. The third-order valence-electron chi connectivity index (χ3n) is 2.84. The van der Waals surface area contributed by atoms with E-state index in [0.717, 1.165) is 12.5 Å². The second-order valence-electron chi connectivity index (χ2n) is 4.19. The van der Waals surface area contributed by atoms with Gasteiger partial charge in [-0.15, -0.1) is 0 Å². The number of nitrogens with one attached hydrogen (secondary N) is 1. The molecule has 0 saturated carbocycles. The molecule has 104 valence electrons. The Morgan fingerprint density at radius 3 is 2.60 bits per heavy atom. The SMILES string of the molecule is CCc1ccc(Oc2ncc(C(=O)NC)cc2F)cc1. The Bertz CT molecular complexity index is 612. The van der Waals surface area contributed by atoms with E-state index >= 15 is 0 Å². The molecule has 1 heterocycles. The van der Waals surface area contributed by atoms with Crippen LogP contribution in [0.2, 0.25) is 0 Å². The molecule has 1 N–H and O–H groups in total. The van der Waals surface area contributed by atoms with Crippen LogP contribution in [-0.4, -0.2) is 17.9 Å². The smallest absolute Gasteiger partial charge is 0.255 e. The van der Waals surface area contributed by atoms with E-state index in [9.17, 15) is 9.18 Å². The third kappa shape index (κ3) is 3.12. The van der Waals surface area contributed by atoms with E-state index in [2.05, 4.69) is 17.2 Å². The number of nitrogens with zero attached hydrogens (tertiary/aromatic N) is 1. The molecule has 0 aliphatic carbocycles. The number of carbonyl (C=O) groups excluding carboxylic acids is 1. The van der Waals surface area contributed by atoms with Crippen molar-refractivity contribution < 1.29 is 13.9 Å². The fraction of sp³-hybridized carbons (Fsp3) is 0.200. The normalized spacial score (nSPS) is 10.2. The number of benzene rings is 1. The standard InChI is InChI=1S/C15H15FN2O2/c1-3-10-4-6-12(7-5-10)20-15-13(16)8-11(9-18-15)14(19)17-2/h4-9H,3H2,1-2H3,(H,17,19). The summed E-state index contributed by atoms with van der Waals surface area (Å²) in [4.78, 5) is 15.2. The van der Waals surface area contributed by atoms with E-state index < -0.39 is 11.7 Å². The van der Waals surface area contributed by atoms with E-state index in [4.69, 9.17) is 4.74 Å². The number of pyridine rings is 1. The highest BCUT2D eigenvalue weighted by atomic mass is 19.1. The Hall–Kier alpha value is -2.43. The van der Waals surface area contributed by atoms with Crippen LogP contribution in [-0.2, 0) is 6.42 Å². The molecule has 0 atom stereocenters. The maximum Gasteiger partial charge on any atom is 0.255 e. The number of ether oxygens (including phenoxy) is 1. The first-order valence-electron chi connectivity index (χ1n) is 6.28. The van der Waals surface area contributed by atoms with Crippen LogP contribution in [0.5, 0.6) is 11.6 Å². The number of aromatic nitrogens is 1. The fourth-order valence-corrected chi connectivity index (χ4v) is 1.67. The van der Waals surface area contributed by atoms with Crippen molar-refractivity contribution in [2.45, 2.75) is 13.3 Å². The minimum Gasteiger partial charge on any atom is -0.436 e. The second-order valence-corrected chi connectivity index (χ2v) is 4.19. The summed E-state index contributed by atoms with van der Waals surface area (Å²) in [5, 5.41) is 2.40. The van der Waals surface area contributed by atoms with Crippen molar-refractivity contribution >= 4 is 5.91 Å². The molecule has 1 aromatic heterocycles. The van der Waals surface area contributed by atoms with Crippen LogP contribution in [0.4, 0.5) is 4.39 Å². The summed E-state index contributed by atoms with van der Waals surface area (Å²) in [7, 11) is 1.47. The van der Waals surface area contributed by atoms with Gasteiger partial charge in [-0.3, -0.25) is 4.79 Å². The van der Waals surface area contributed by atoms with Gasteiger partial charge in [0.2, 0.25) is 0 Å². The number of amides is 1. The highest BCUT2D eigenvalue weighted by Gasteiger charge is 2.11. The first kappa shape index (κ1) is 14.0. The molecule has 0 bridgehead atoms. The van der Waals surface area contributed by atoms with Crippen LogP contribution >= 0.6 is 0 Å². The van der Waals surface area contributed by atoms with Crippen molar-refractivity contribution in [2.24, 2.45) is 0 Å². The molecule has 0 spiro atoms. The Morgan fingerprint density at radius 1 is 1.35 bits per heavy atom. The molecule has 4 nitrogen and oxygen atoms in total. The molecular formula is C15H15FN2O2. The van der Waals surface area contributed by atoms with Gasteiger partial charge in [-0.05, 0) is 30.2 Å². The zero-order valence-electron chi connectivity index (χ0n) is 11.3. The molecule has 5 heteroatoms. The molecule has 20 heavy (non-hydrogen) atoms. The van der Waals surface area contributed by atoms with Crippen LogP contribution < -0.4 is 10.1 Å². The number of hydrogen-bond acceptors (Lipinski definition) is 3. The van der Waals surface area contributed by atoms with Crippen LogP contribution in [0, 0.1) is 5.82 Å². The van der Waals surface area contributed by atoms with Gasteiger partial charge in [-0.2, -0.15) is 0 Å². The van der Waals surface area contributed by atoms with Crippen molar-refractivity contribution in [2.75, 3.05) is 7.05 Å². The first-order valence-corrected chi connectivity index (χ1v) is 6.28. The van der Waals surface area contributed by atoms with E-state index in [1.807, 2.05) is 12.1 Å². The van der Waals surface area contributed by atoms with Crippen molar-refractivity contribution in [1.82, 2.24) is 10.3 Å². The van der Waals surface area contributed by atoms with Crippen LogP contribution in [0.25, 0.3) is 0 Å². The fourth-order valence-electron chi connectivity index (χ4n) is 1.67. The zero-order valence-corrected chi connectivity index (χ0v) is 11.3. The summed E-state index contributed by atoms with van der Waals surface area (Å²) in [6, 6.07) is 8.43. The van der Waals surface area contributed by atoms with E-state index in [0.29, 0.717) is 5.75 Å². The Kier molecular flexibility index (Phi) is 4.30. The lowest BCUT2D eigenvalue weighted by molar-refractivity contribution is 0.0962. The van der Waals surface area contributed by atoms with Crippen LogP contribution in [0.1, 0.15) is 22.8 Å². The van der Waals surface area contributed by atoms with Gasteiger partial charge in [0.1, 0.15) is 5.75 Å². The van der Waals surface area contributed by atoms with Crippen molar-refractivity contribution in [3.63, 3.8) is 0 Å². The first-order chi connectivity index (χ1) is 9.63. The molecule has 0 aliphatic rings. The summed E-state index contributed by atoms with van der Waals surface area (Å²) >= 11 is 0. The largest absolute Gasteiger partial charge is 0.436 e. The lowest BCUT2D eigenvalue weighted by Gasteiger charge is -2.07. The van der Waals surface area contributed by atoms with Gasteiger partial charge in [0.25, 0.3) is 11.8 Å². The van der Waals surface area contributed by atoms with E-state index in [1.54, 1.807) is 12.1 Å². The molecule has 1 amide bonds. The van der Waals surface area contributed by atoms with Crippen LogP contribution in [0.3, 0.4) is 0 Å². The summed E-state index contributed by atoms with van der Waals surface area (Å²) < 4.78 is 19.2. The minimum absolute atomic E-state index is 0.151. The zero-order chi connectivity index (χ0) is 14.5. The summed E-state index contributed by atoms with van der Waals surface area (Å²) in [5.74, 6) is -0.718. The highest BCUT2D eigenvalue weighted by molar-refractivity contribution is 5.93. The predicted molar refractivity (Wildman–Crippen MR) is 73.5 cm³/mol. The molecule has 0 saturated heterocycles. The molecule has 1 aromatic carbocycles. The minimum atomic E-state index is -0.675. The Labute approximate surface area is 116 Å². The lowest BCUT2D eigenvalue weighted by Crippen LogP contribution is -2.18. The molecule has 0 radical (unpaired) electrons. The number of halogens is 1. The van der Waals surface area contributed by atoms with Crippen molar-refractivity contribution in [3.05, 3.63) is 53.5 Å². The van der Waals surface area contributed by atoms with E-state index in [1.165, 1.54) is 18.8 Å². The van der Waals surface area contributed by atoms with E-state index in [-0.39, 0.29) is 11.4 Å². The monoisotopic (exact) mass is 274 g/mol. The molecule has 0 unspecified atom stereocenters. The number of aryl methyl sites for hydroxylation is 1. The van der Waals surface area contributed by atoms with Crippen LogP contribution in [0.15, 0.2) is 36.5 Å². The van der Waals surface area contributed by atoms with Gasteiger partial charge in [-0.1, -0.05) is 19.1 Å². The average molecular weight is 274 g/mol. The van der Waals surface area contributed by atoms with Gasteiger partial charge in [0.05, 0.1) is 5.56 Å². The molecule has 0 fully saturated rings. The van der Waals surface area contributed by atoms with Gasteiger partial charge in [0, 0.05) is 13.2 Å². The highest BCUT2D eigenvalue weighted by Crippen LogP contribution is 2.23. The predicted octanol–water partition coefficient (Wildman–Crippen LogP) is 2.94. The molecule has 0 aliphatic heterocycles. The quantitative estimate of drug-likeness (QED) is 0.932. The van der Waals surface area contributed by atoms with Gasteiger partial charge in [0.15, 0.2) is 5.82 Å². The third-order valence-corrected chi connectivity index (χ3v) is 2.84. The lowest BCUT2D eigenvalue weighted by atomic mass is 10.2. The van der Waals surface area contributed by atoms with Crippen molar-refractivity contribution in [3.8, 4) is 11.6 Å². The summed E-state index contributed by atoms with van der Waals surface area (Å²) in [5.41, 5.74) is 1.32. The van der Waals surface area contributed by atoms with Gasteiger partial charge >= 0.3 is 0 Å². The maximum atomic E-state index is 13.8. The maximum absolute atomic E-state index is 13.8. The average Bonchev–Trinajstić information content (AvgIpc) is 2.49. The number of rotatable bonds is 4. The molecular weight excluding hydrogens is 259 g/mol. The second kappa shape index (κ2) is 6.14. The molecule has 2 rings (SSSR count). The Balaban J connectivity index is 2.18. The molecule has 2 aromatic rings. The van der Waals surface area contributed by atoms with Crippen molar-refractivity contribution in [1.29, 1.82) is 0 Å². The number of carbonyl (C=O) groups is 1. The summed E-state index contributed by atoms with van der Waals surface area (Å²) in [6.07, 6.45) is 2.20. The topological polar surface area (TPSA) is 51.2 Å². The number of hydrogen-bond donors (Lipinski definition) is 1.